The smallest absolute Gasteiger partial charge is 0.337 e. The van der Waals surface area contributed by atoms with Crippen LogP contribution in [0.4, 0.5) is 5.69 Å². The molecule has 0 atom stereocenters. The molecule has 3 rings (SSSR count). The van der Waals surface area contributed by atoms with Crippen LogP contribution in [0.5, 0.6) is 0 Å². The predicted molar refractivity (Wildman–Crippen MR) is 96.7 cm³/mol. The van der Waals surface area contributed by atoms with Crippen molar-refractivity contribution >= 4 is 23.5 Å². The van der Waals surface area contributed by atoms with Crippen LogP contribution in [0.25, 0.3) is 0 Å². The van der Waals surface area contributed by atoms with Gasteiger partial charge in [0.25, 0.3) is 5.91 Å². The zero-order chi connectivity index (χ0) is 18.5. The van der Waals surface area contributed by atoms with Crippen molar-refractivity contribution < 1.29 is 19.1 Å². The van der Waals surface area contributed by atoms with Gasteiger partial charge in [0.2, 0.25) is 5.91 Å². The van der Waals surface area contributed by atoms with Crippen LogP contribution < -0.4 is 10.6 Å². The average molecular weight is 352 g/mol. The third-order valence-corrected chi connectivity index (χ3v) is 4.19. The van der Waals surface area contributed by atoms with E-state index in [0.717, 1.165) is 24.1 Å². The minimum Gasteiger partial charge on any atom is -0.465 e. The Balaban J connectivity index is 1.52. The van der Waals surface area contributed by atoms with Crippen LogP contribution in [-0.4, -0.2) is 24.9 Å². The molecule has 1 saturated carbocycles. The summed E-state index contributed by atoms with van der Waals surface area (Å²) in [5, 5.41) is 5.70. The lowest BCUT2D eigenvalue weighted by Crippen LogP contribution is -2.22. The number of ether oxygens (including phenoxy) is 1. The van der Waals surface area contributed by atoms with Gasteiger partial charge in [0.15, 0.2) is 0 Å². The largest absolute Gasteiger partial charge is 0.465 e. The van der Waals surface area contributed by atoms with Crippen LogP contribution in [0, 0.1) is 5.92 Å². The lowest BCUT2D eigenvalue weighted by molar-refractivity contribution is -0.117. The van der Waals surface area contributed by atoms with Crippen molar-refractivity contribution in [2.24, 2.45) is 5.92 Å². The first-order valence-electron chi connectivity index (χ1n) is 8.43. The molecule has 2 aromatic rings. The molecular formula is C20H20N2O4. The highest BCUT2D eigenvalue weighted by Crippen LogP contribution is 2.30. The molecule has 1 aliphatic carbocycles. The molecule has 0 radical (unpaired) electrons. The Hall–Kier alpha value is -3.15. The Bertz CT molecular complexity index is 809. The van der Waals surface area contributed by atoms with Crippen molar-refractivity contribution in [1.29, 1.82) is 0 Å². The molecular weight excluding hydrogens is 332 g/mol. The van der Waals surface area contributed by atoms with E-state index < -0.39 is 5.97 Å². The molecule has 6 nitrogen and oxygen atoms in total. The summed E-state index contributed by atoms with van der Waals surface area (Å²) in [5.74, 6) is -0.431. The normalized spacial score (nSPS) is 13.0. The van der Waals surface area contributed by atoms with Gasteiger partial charge in [0, 0.05) is 23.7 Å². The summed E-state index contributed by atoms with van der Waals surface area (Å²) in [4.78, 5) is 35.3. The molecule has 0 saturated heterocycles. The summed E-state index contributed by atoms with van der Waals surface area (Å²) < 4.78 is 4.63. The Morgan fingerprint density at radius 2 is 1.58 bits per heavy atom. The number of esters is 1. The number of amides is 2. The fourth-order valence-electron chi connectivity index (χ4n) is 2.46. The van der Waals surface area contributed by atoms with Gasteiger partial charge in [-0.25, -0.2) is 4.79 Å². The summed E-state index contributed by atoms with van der Waals surface area (Å²) in [6.45, 7) is 0.369. The molecule has 0 unspecified atom stereocenters. The second-order valence-corrected chi connectivity index (χ2v) is 6.21. The standard InChI is InChI=1S/C20H20N2O4/c1-26-20(25)16-8-6-14(7-9-16)18(23)21-12-13-2-10-17(11-3-13)22-19(24)15-4-5-15/h2-3,6-11,15H,4-5,12H2,1H3,(H,21,23)(H,22,24). The zero-order valence-electron chi connectivity index (χ0n) is 14.5. The summed E-state index contributed by atoms with van der Waals surface area (Å²) in [6.07, 6.45) is 1.94. The van der Waals surface area contributed by atoms with E-state index in [1.165, 1.54) is 7.11 Å². The molecule has 2 N–H and O–H groups in total. The molecule has 1 fully saturated rings. The summed E-state index contributed by atoms with van der Waals surface area (Å²) in [6, 6.07) is 13.7. The summed E-state index contributed by atoms with van der Waals surface area (Å²) >= 11 is 0. The zero-order valence-corrected chi connectivity index (χ0v) is 14.5. The van der Waals surface area contributed by atoms with Crippen LogP contribution >= 0.6 is 0 Å². The van der Waals surface area contributed by atoms with Crippen molar-refractivity contribution in [3.8, 4) is 0 Å². The van der Waals surface area contributed by atoms with E-state index in [0.29, 0.717) is 17.7 Å². The van der Waals surface area contributed by atoms with Gasteiger partial charge < -0.3 is 15.4 Å². The Morgan fingerprint density at radius 3 is 2.15 bits per heavy atom. The number of hydrogen-bond donors (Lipinski definition) is 2. The highest BCUT2D eigenvalue weighted by atomic mass is 16.5. The van der Waals surface area contributed by atoms with Crippen LogP contribution in [0.3, 0.4) is 0 Å². The van der Waals surface area contributed by atoms with E-state index in [1.54, 1.807) is 24.3 Å². The van der Waals surface area contributed by atoms with E-state index in [4.69, 9.17) is 0 Å². The SMILES string of the molecule is COC(=O)c1ccc(C(=O)NCc2ccc(NC(=O)C3CC3)cc2)cc1. The first-order valence-corrected chi connectivity index (χ1v) is 8.43. The topological polar surface area (TPSA) is 84.5 Å². The van der Waals surface area contributed by atoms with Gasteiger partial charge in [0.05, 0.1) is 12.7 Å². The molecule has 0 aromatic heterocycles. The van der Waals surface area contributed by atoms with E-state index in [-0.39, 0.29) is 17.7 Å². The van der Waals surface area contributed by atoms with Crippen molar-refractivity contribution in [1.82, 2.24) is 5.32 Å². The average Bonchev–Trinajstić information content (AvgIpc) is 3.52. The van der Waals surface area contributed by atoms with Gasteiger partial charge in [-0.2, -0.15) is 0 Å². The first kappa shape index (κ1) is 17.7. The van der Waals surface area contributed by atoms with Gasteiger partial charge in [-0.05, 0) is 54.8 Å². The number of benzene rings is 2. The summed E-state index contributed by atoms with van der Waals surface area (Å²) in [7, 11) is 1.31. The third-order valence-electron chi connectivity index (χ3n) is 4.19. The maximum Gasteiger partial charge on any atom is 0.337 e. The minimum absolute atomic E-state index is 0.0708. The second-order valence-electron chi connectivity index (χ2n) is 6.21. The fraction of sp³-hybridized carbons (Fsp3) is 0.250. The maximum absolute atomic E-state index is 12.2. The molecule has 0 bridgehead atoms. The number of hydrogen-bond acceptors (Lipinski definition) is 4. The monoisotopic (exact) mass is 352 g/mol. The lowest BCUT2D eigenvalue weighted by atomic mass is 10.1. The highest BCUT2D eigenvalue weighted by Gasteiger charge is 2.29. The number of nitrogens with one attached hydrogen (secondary N) is 2. The number of carbonyl (C=O) groups excluding carboxylic acids is 3. The fourth-order valence-corrected chi connectivity index (χ4v) is 2.46. The molecule has 26 heavy (non-hydrogen) atoms. The van der Waals surface area contributed by atoms with Gasteiger partial charge in [-0.3, -0.25) is 9.59 Å². The number of methoxy groups -OCH3 is 1. The maximum atomic E-state index is 12.2. The second kappa shape index (κ2) is 7.82. The third kappa shape index (κ3) is 4.47. The Labute approximate surface area is 151 Å². The molecule has 134 valence electrons. The van der Waals surface area contributed by atoms with Crippen molar-refractivity contribution in [3.05, 3.63) is 65.2 Å². The minimum atomic E-state index is -0.439. The number of carbonyl (C=O) groups is 3. The van der Waals surface area contributed by atoms with Gasteiger partial charge in [-0.15, -0.1) is 0 Å². The molecule has 0 aliphatic heterocycles. The molecule has 6 heteroatoms. The lowest BCUT2D eigenvalue weighted by Gasteiger charge is -2.08. The molecule has 2 amide bonds. The number of rotatable bonds is 6. The Morgan fingerprint density at radius 1 is 0.962 bits per heavy atom. The van der Waals surface area contributed by atoms with Crippen LogP contribution in [0.1, 0.15) is 39.1 Å². The predicted octanol–water partition coefficient (Wildman–Crippen LogP) is 2.75. The van der Waals surface area contributed by atoms with Crippen LogP contribution in [0.15, 0.2) is 48.5 Å². The van der Waals surface area contributed by atoms with Crippen molar-refractivity contribution in [2.45, 2.75) is 19.4 Å². The first-order chi connectivity index (χ1) is 12.6. The Kier molecular flexibility index (Phi) is 5.31. The van der Waals surface area contributed by atoms with E-state index in [2.05, 4.69) is 15.4 Å². The number of anilines is 1. The van der Waals surface area contributed by atoms with Gasteiger partial charge in [0.1, 0.15) is 0 Å². The van der Waals surface area contributed by atoms with Crippen LogP contribution in [-0.2, 0) is 16.1 Å². The molecule has 1 aliphatic rings. The highest BCUT2D eigenvalue weighted by molar-refractivity contribution is 5.96. The van der Waals surface area contributed by atoms with Crippen molar-refractivity contribution in [3.63, 3.8) is 0 Å². The van der Waals surface area contributed by atoms with E-state index in [9.17, 15) is 14.4 Å². The van der Waals surface area contributed by atoms with Crippen molar-refractivity contribution in [2.75, 3.05) is 12.4 Å². The summed E-state index contributed by atoms with van der Waals surface area (Å²) in [5.41, 5.74) is 2.54. The molecule has 0 heterocycles. The molecule has 0 spiro atoms. The van der Waals surface area contributed by atoms with Gasteiger partial charge in [-0.1, -0.05) is 12.1 Å². The molecule has 2 aromatic carbocycles. The quantitative estimate of drug-likeness (QED) is 0.783. The van der Waals surface area contributed by atoms with Crippen LogP contribution in [0.2, 0.25) is 0 Å². The van der Waals surface area contributed by atoms with Gasteiger partial charge >= 0.3 is 5.97 Å². The van der Waals surface area contributed by atoms with E-state index in [1.807, 2.05) is 24.3 Å². The van der Waals surface area contributed by atoms with E-state index >= 15 is 0 Å².